The fraction of sp³-hybridized carbons (Fsp3) is 0.647. The first-order valence-electron chi connectivity index (χ1n) is 7.77. The van der Waals surface area contributed by atoms with Crippen LogP contribution in [0.3, 0.4) is 0 Å². The van der Waals surface area contributed by atoms with Crippen LogP contribution in [-0.2, 0) is 0 Å². The molecule has 0 fully saturated rings. The largest absolute Gasteiger partial charge is 0.497 e. The van der Waals surface area contributed by atoms with Crippen LogP contribution in [0.15, 0.2) is 18.2 Å². The number of hydrogen-bond donors (Lipinski definition) is 1. The summed E-state index contributed by atoms with van der Waals surface area (Å²) >= 11 is 0. The lowest BCUT2D eigenvalue weighted by molar-refractivity contribution is 0.0602. The molecule has 1 aliphatic rings. The molecule has 1 heterocycles. The number of benzene rings is 1. The third kappa shape index (κ3) is 3.89. The maximum absolute atomic E-state index is 10.2. The molecule has 3 nitrogen and oxygen atoms in total. The number of aliphatic hydroxyl groups is 1. The number of methoxy groups -OCH3 is 1. The zero-order valence-electron chi connectivity index (χ0n) is 12.6. The van der Waals surface area contributed by atoms with Crippen molar-refractivity contribution in [3.63, 3.8) is 0 Å². The van der Waals surface area contributed by atoms with E-state index in [0.717, 1.165) is 23.5 Å². The lowest BCUT2D eigenvalue weighted by Crippen LogP contribution is -2.25. The normalized spacial score (nSPS) is 21.1. The Morgan fingerprint density at radius 1 is 1.25 bits per heavy atom. The number of ether oxygens (including phenoxy) is 2. The van der Waals surface area contributed by atoms with Crippen molar-refractivity contribution in [2.24, 2.45) is 0 Å². The van der Waals surface area contributed by atoms with E-state index >= 15 is 0 Å². The Hall–Kier alpha value is -1.22. The molecular weight excluding hydrogens is 252 g/mol. The highest BCUT2D eigenvalue weighted by Gasteiger charge is 2.26. The van der Waals surface area contributed by atoms with Crippen molar-refractivity contribution < 1.29 is 14.6 Å². The van der Waals surface area contributed by atoms with Gasteiger partial charge in [-0.15, -0.1) is 0 Å². The minimum Gasteiger partial charge on any atom is -0.497 e. The van der Waals surface area contributed by atoms with Crippen LogP contribution in [-0.4, -0.2) is 18.3 Å². The summed E-state index contributed by atoms with van der Waals surface area (Å²) in [7, 11) is 1.65. The molecule has 3 heteroatoms. The summed E-state index contributed by atoms with van der Waals surface area (Å²) in [6.07, 6.45) is 7.77. The number of aliphatic hydroxyl groups excluding tert-OH is 1. The Morgan fingerprint density at radius 3 is 2.80 bits per heavy atom. The van der Waals surface area contributed by atoms with Crippen molar-refractivity contribution in [2.75, 3.05) is 7.11 Å². The Labute approximate surface area is 121 Å². The Kier molecular flexibility index (Phi) is 5.72. The number of unbranched alkanes of at least 4 members (excludes halogenated alkanes) is 4. The van der Waals surface area contributed by atoms with Gasteiger partial charge in [0.25, 0.3) is 0 Å². The Balaban J connectivity index is 1.89. The molecule has 0 amide bonds. The summed E-state index contributed by atoms with van der Waals surface area (Å²) in [5, 5.41) is 10.2. The molecule has 0 saturated heterocycles. The second-order valence-electron chi connectivity index (χ2n) is 5.60. The van der Waals surface area contributed by atoms with Gasteiger partial charge >= 0.3 is 0 Å². The molecule has 2 atom stereocenters. The van der Waals surface area contributed by atoms with Crippen LogP contribution in [0.5, 0.6) is 11.5 Å². The van der Waals surface area contributed by atoms with Crippen molar-refractivity contribution >= 4 is 0 Å². The molecule has 2 unspecified atom stereocenters. The van der Waals surface area contributed by atoms with E-state index < -0.39 is 6.10 Å². The smallest absolute Gasteiger partial charge is 0.129 e. The summed E-state index contributed by atoms with van der Waals surface area (Å²) in [5.41, 5.74) is 0.882. The van der Waals surface area contributed by atoms with Crippen molar-refractivity contribution in [1.82, 2.24) is 0 Å². The predicted molar refractivity (Wildman–Crippen MR) is 80.4 cm³/mol. The van der Waals surface area contributed by atoms with Crippen molar-refractivity contribution in [3.05, 3.63) is 23.8 Å². The van der Waals surface area contributed by atoms with E-state index in [-0.39, 0.29) is 6.10 Å². The summed E-state index contributed by atoms with van der Waals surface area (Å²) in [5.74, 6) is 1.56. The monoisotopic (exact) mass is 278 g/mol. The molecule has 0 spiro atoms. The van der Waals surface area contributed by atoms with Crippen molar-refractivity contribution in [3.8, 4) is 11.5 Å². The highest BCUT2D eigenvalue weighted by atomic mass is 16.5. The molecule has 2 rings (SSSR count). The molecule has 0 aliphatic carbocycles. The Bertz CT molecular complexity index is 417. The first-order chi connectivity index (χ1) is 9.74. The number of rotatable bonds is 7. The average molecular weight is 278 g/mol. The third-order valence-corrected chi connectivity index (χ3v) is 3.99. The number of fused-ring (bicyclic) bond motifs is 1. The molecule has 0 bridgehead atoms. The maximum atomic E-state index is 10.2. The van der Waals surface area contributed by atoms with E-state index in [1.165, 1.54) is 32.1 Å². The highest BCUT2D eigenvalue weighted by Crippen LogP contribution is 2.38. The third-order valence-electron chi connectivity index (χ3n) is 3.99. The zero-order valence-corrected chi connectivity index (χ0v) is 12.6. The molecular formula is C17H26O3. The van der Waals surface area contributed by atoms with Gasteiger partial charge in [0.15, 0.2) is 0 Å². The molecule has 20 heavy (non-hydrogen) atoms. The molecule has 1 aromatic rings. The van der Waals surface area contributed by atoms with Crippen molar-refractivity contribution in [2.45, 2.75) is 64.1 Å². The van der Waals surface area contributed by atoms with Gasteiger partial charge in [-0.1, -0.05) is 32.6 Å². The van der Waals surface area contributed by atoms with Gasteiger partial charge in [-0.3, -0.25) is 0 Å². The summed E-state index contributed by atoms with van der Waals surface area (Å²) < 4.78 is 11.2. The van der Waals surface area contributed by atoms with Crippen LogP contribution in [0.1, 0.15) is 63.5 Å². The second-order valence-corrected chi connectivity index (χ2v) is 5.60. The van der Waals surface area contributed by atoms with Crippen LogP contribution in [0.25, 0.3) is 0 Å². The molecule has 0 aromatic heterocycles. The fourth-order valence-electron chi connectivity index (χ4n) is 2.78. The van der Waals surface area contributed by atoms with Crippen LogP contribution in [0.4, 0.5) is 0 Å². The van der Waals surface area contributed by atoms with E-state index in [1.807, 2.05) is 18.2 Å². The summed E-state index contributed by atoms with van der Waals surface area (Å²) in [4.78, 5) is 0. The van der Waals surface area contributed by atoms with Crippen LogP contribution >= 0.6 is 0 Å². The molecule has 1 aromatic carbocycles. The van der Waals surface area contributed by atoms with Gasteiger partial charge in [-0.05, 0) is 25.0 Å². The van der Waals surface area contributed by atoms with E-state index in [2.05, 4.69) is 6.92 Å². The SMILES string of the molecule is CCCCCCCC1CC(O)c2ccc(OC)cc2O1. The quantitative estimate of drug-likeness (QED) is 0.758. The lowest BCUT2D eigenvalue weighted by Gasteiger charge is -2.30. The molecule has 0 saturated carbocycles. The highest BCUT2D eigenvalue weighted by molar-refractivity contribution is 5.43. The Morgan fingerprint density at radius 2 is 2.05 bits per heavy atom. The maximum Gasteiger partial charge on any atom is 0.129 e. The molecule has 0 radical (unpaired) electrons. The molecule has 112 valence electrons. The van der Waals surface area contributed by atoms with E-state index in [9.17, 15) is 5.11 Å². The van der Waals surface area contributed by atoms with Gasteiger partial charge in [0.2, 0.25) is 0 Å². The first-order valence-corrected chi connectivity index (χ1v) is 7.77. The van der Waals surface area contributed by atoms with Gasteiger partial charge in [0, 0.05) is 18.1 Å². The average Bonchev–Trinajstić information content (AvgIpc) is 2.46. The van der Waals surface area contributed by atoms with Crippen LogP contribution in [0, 0.1) is 0 Å². The fourth-order valence-corrected chi connectivity index (χ4v) is 2.78. The predicted octanol–water partition coefficient (Wildman–Crippen LogP) is 4.24. The van der Waals surface area contributed by atoms with Gasteiger partial charge in [0.1, 0.15) is 17.6 Å². The standard InChI is InChI=1S/C17H26O3/c1-3-4-5-6-7-8-14-11-16(18)15-10-9-13(19-2)12-17(15)20-14/h9-10,12,14,16,18H,3-8,11H2,1-2H3. The van der Waals surface area contributed by atoms with E-state index in [1.54, 1.807) is 7.11 Å². The second kappa shape index (κ2) is 7.53. The lowest BCUT2D eigenvalue weighted by atomic mass is 9.96. The first kappa shape index (κ1) is 15.2. The molecule has 1 N–H and O–H groups in total. The van der Waals surface area contributed by atoms with Gasteiger partial charge in [0.05, 0.1) is 13.2 Å². The zero-order chi connectivity index (χ0) is 14.4. The van der Waals surface area contributed by atoms with Gasteiger partial charge in [-0.2, -0.15) is 0 Å². The van der Waals surface area contributed by atoms with Crippen LogP contribution < -0.4 is 9.47 Å². The minimum absolute atomic E-state index is 0.131. The molecule has 1 aliphatic heterocycles. The summed E-state index contributed by atoms with van der Waals surface area (Å²) in [6.45, 7) is 2.23. The van der Waals surface area contributed by atoms with E-state index in [0.29, 0.717) is 6.42 Å². The van der Waals surface area contributed by atoms with Gasteiger partial charge < -0.3 is 14.6 Å². The van der Waals surface area contributed by atoms with Crippen molar-refractivity contribution in [1.29, 1.82) is 0 Å². The minimum atomic E-state index is -0.412. The van der Waals surface area contributed by atoms with E-state index in [4.69, 9.17) is 9.47 Å². The number of hydrogen-bond acceptors (Lipinski definition) is 3. The van der Waals surface area contributed by atoms with Crippen LogP contribution in [0.2, 0.25) is 0 Å². The van der Waals surface area contributed by atoms with Gasteiger partial charge in [-0.25, -0.2) is 0 Å². The topological polar surface area (TPSA) is 38.7 Å². The summed E-state index contributed by atoms with van der Waals surface area (Å²) in [6, 6.07) is 5.65.